The van der Waals surface area contributed by atoms with Crippen LogP contribution in [0.2, 0.25) is 0 Å². The van der Waals surface area contributed by atoms with Crippen LogP contribution in [0.15, 0.2) is 12.1 Å². The van der Waals surface area contributed by atoms with Gasteiger partial charge < -0.3 is 10.2 Å². The van der Waals surface area contributed by atoms with Crippen molar-refractivity contribution in [2.75, 3.05) is 0 Å². The second-order valence-electron chi connectivity index (χ2n) is 6.92. The molecule has 24 heavy (non-hydrogen) atoms. The molecule has 0 aliphatic carbocycles. The number of rotatable bonds is 14. The molecule has 0 atom stereocenters. The van der Waals surface area contributed by atoms with Gasteiger partial charge >= 0.3 is 0 Å². The third kappa shape index (κ3) is 9.75. The molecule has 3 heteroatoms. The number of unbranched alkanes of at least 4 members (excludes halogenated alkanes) is 12. The third-order valence-corrected chi connectivity index (χ3v) is 5.56. The maximum absolute atomic E-state index is 9.89. The van der Waals surface area contributed by atoms with Gasteiger partial charge in [0.2, 0.25) is 0 Å². The number of hydrogen-bond acceptors (Lipinski definition) is 2. The Hall–Kier alpha value is -0.450. The van der Waals surface area contributed by atoms with E-state index in [9.17, 15) is 10.2 Å². The number of phenols is 2. The number of aromatic hydroxyl groups is 2. The van der Waals surface area contributed by atoms with Crippen LogP contribution < -0.4 is 0 Å². The Bertz CT molecular complexity index is 446. The van der Waals surface area contributed by atoms with Crippen LogP contribution >= 0.6 is 22.6 Å². The first-order valence-electron chi connectivity index (χ1n) is 9.85. The molecule has 0 saturated heterocycles. The van der Waals surface area contributed by atoms with Crippen LogP contribution in [0.3, 0.4) is 0 Å². The average molecular weight is 446 g/mol. The van der Waals surface area contributed by atoms with Gasteiger partial charge in [0.25, 0.3) is 0 Å². The Morgan fingerprint density at radius 2 is 1.12 bits per heavy atom. The molecule has 2 N–H and O–H groups in total. The number of phenolic OH excluding ortho intramolecular Hbond substituents is 2. The normalized spacial score (nSPS) is 11.1. The minimum atomic E-state index is 0.276. The highest BCUT2D eigenvalue weighted by Gasteiger charge is 2.06. The van der Waals surface area contributed by atoms with Crippen LogP contribution in [0.25, 0.3) is 0 Å². The molecule has 0 saturated carbocycles. The van der Waals surface area contributed by atoms with Gasteiger partial charge in [-0.15, -0.1) is 0 Å². The minimum absolute atomic E-state index is 0.276. The first kappa shape index (κ1) is 21.6. The molecule has 0 unspecified atom stereocenters. The van der Waals surface area contributed by atoms with E-state index in [4.69, 9.17) is 0 Å². The Kier molecular flexibility index (Phi) is 12.4. The number of aryl methyl sites for hydroxylation is 1. The van der Waals surface area contributed by atoms with Crippen molar-refractivity contribution in [1.29, 1.82) is 0 Å². The van der Waals surface area contributed by atoms with E-state index >= 15 is 0 Å². The topological polar surface area (TPSA) is 40.5 Å². The molecule has 0 aliphatic rings. The number of hydrogen-bond donors (Lipinski definition) is 2. The van der Waals surface area contributed by atoms with E-state index < -0.39 is 0 Å². The van der Waals surface area contributed by atoms with Crippen molar-refractivity contribution in [2.45, 2.75) is 96.8 Å². The maximum atomic E-state index is 9.89. The van der Waals surface area contributed by atoms with Crippen molar-refractivity contribution in [3.05, 3.63) is 21.3 Å². The van der Waals surface area contributed by atoms with E-state index in [2.05, 4.69) is 6.92 Å². The molecule has 0 aromatic heterocycles. The quantitative estimate of drug-likeness (QED) is 0.178. The van der Waals surface area contributed by atoms with Crippen LogP contribution in [0.5, 0.6) is 11.5 Å². The molecule has 2 nitrogen and oxygen atoms in total. The molecule has 0 spiro atoms. The first-order chi connectivity index (χ1) is 11.6. The molecule has 1 aromatic carbocycles. The van der Waals surface area contributed by atoms with Crippen LogP contribution in [-0.4, -0.2) is 10.2 Å². The van der Waals surface area contributed by atoms with Crippen LogP contribution in [-0.2, 0) is 6.42 Å². The molecular formula is C21H35IO2. The maximum Gasteiger partial charge on any atom is 0.129 e. The third-order valence-electron chi connectivity index (χ3n) is 4.70. The van der Waals surface area contributed by atoms with Crippen molar-refractivity contribution in [3.63, 3.8) is 0 Å². The van der Waals surface area contributed by atoms with E-state index in [1.165, 1.54) is 77.0 Å². The molecule has 1 aromatic rings. The summed E-state index contributed by atoms with van der Waals surface area (Å²) in [6.45, 7) is 2.27. The van der Waals surface area contributed by atoms with Gasteiger partial charge in [-0.05, 0) is 53.1 Å². The SMILES string of the molecule is CCCCCCCCCCCCCCCc1cc(O)c(I)cc1O. The van der Waals surface area contributed by atoms with Crippen molar-refractivity contribution in [2.24, 2.45) is 0 Å². The zero-order valence-corrected chi connectivity index (χ0v) is 17.5. The summed E-state index contributed by atoms with van der Waals surface area (Å²) in [5.74, 6) is 0.592. The summed E-state index contributed by atoms with van der Waals surface area (Å²) in [5, 5.41) is 19.6. The first-order valence-corrected chi connectivity index (χ1v) is 10.9. The van der Waals surface area contributed by atoms with Crippen molar-refractivity contribution in [3.8, 4) is 11.5 Å². The smallest absolute Gasteiger partial charge is 0.129 e. The van der Waals surface area contributed by atoms with Gasteiger partial charge in [0.05, 0.1) is 3.57 Å². The van der Waals surface area contributed by atoms with Crippen LogP contribution in [0.4, 0.5) is 0 Å². The summed E-state index contributed by atoms with van der Waals surface area (Å²) in [6.07, 6.45) is 18.4. The van der Waals surface area contributed by atoms with Crippen LogP contribution in [0.1, 0.15) is 96.0 Å². The molecule has 0 bridgehead atoms. The molecular weight excluding hydrogens is 411 g/mol. The van der Waals surface area contributed by atoms with Crippen molar-refractivity contribution < 1.29 is 10.2 Å². The number of halogens is 1. The van der Waals surface area contributed by atoms with Gasteiger partial charge in [-0.3, -0.25) is 0 Å². The van der Waals surface area contributed by atoms with Gasteiger partial charge in [0, 0.05) is 0 Å². The number of benzene rings is 1. The highest BCUT2D eigenvalue weighted by Crippen LogP contribution is 2.29. The largest absolute Gasteiger partial charge is 0.508 e. The van der Waals surface area contributed by atoms with Gasteiger partial charge in [-0.1, -0.05) is 84.0 Å². The summed E-state index contributed by atoms with van der Waals surface area (Å²) in [7, 11) is 0. The van der Waals surface area contributed by atoms with Crippen molar-refractivity contribution >= 4 is 22.6 Å². The van der Waals surface area contributed by atoms with E-state index in [0.717, 1.165) is 18.4 Å². The molecule has 0 radical (unpaired) electrons. The fraction of sp³-hybridized carbons (Fsp3) is 0.714. The van der Waals surface area contributed by atoms with Crippen LogP contribution in [0, 0.1) is 3.57 Å². The fourth-order valence-electron chi connectivity index (χ4n) is 3.13. The lowest BCUT2D eigenvalue weighted by molar-refractivity contribution is 0.449. The average Bonchev–Trinajstić information content (AvgIpc) is 2.56. The Morgan fingerprint density at radius 1 is 0.667 bits per heavy atom. The Morgan fingerprint density at radius 3 is 1.62 bits per heavy atom. The summed E-state index contributed by atoms with van der Waals surface area (Å²) >= 11 is 2.03. The predicted octanol–water partition coefficient (Wildman–Crippen LogP) is 7.34. The van der Waals surface area contributed by atoms with E-state index in [1.54, 1.807) is 12.1 Å². The lowest BCUT2D eigenvalue weighted by Gasteiger charge is -2.07. The summed E-state index contributed by atoms with van der Waals surface area (Å²) in [6, 6.07) is 3.35. The highest BCUT2D eigenvalue weighted by atomic mass is 127. The lowest BCUT2D eigenvalue weighted by atomic mass is 10.0. The molecule has 0 aliphatic heterocycles. The molecule has 0 fully saturated rings. The fourth-order valence-corrected chi connectivity index (χ4v) is 3.58. The Labute approximate surface area is 162 Å². The minimum Gasteiger partial charge on any atom is -0.508 e. The molecule has 1 rings (SSSR count). The zero-order valence-electron chi connectivity index (χ0n) is 15.3. The van der Waals surface area contributed by atoms with Gasteiger partial charge in [-0.25, -0.2) is 0 Å². The second kappa shape index (κ2) is 13.8. The molecule has 138 valence electrons. The summed E-state index contributed by atoms with van der Waals surface area (Å²) in [5.41, 5.74) is 0.871. The van der Waals surface area contributed by atoms with E-state index in [-0.39, 0.29) is 5.75 Å². The van der Waals surface area contributed by atoms with E-state index in [1.807, 2.05) is 22.6 Å². The Balaban J connectivity index is 1.93. The van der Waals surface area contributed by atoms with Crippen molar-refractivity contribution in [1.82, 2.24) is 0 Å². The van der Waals surface area contributed by atoms with Gasteiger partial charge in [0.1, 0.15) is 11.5 Å². The standard InChI is InChI=1S/C21H35IO2/c1-2-3-4-5-6-7-8-9-10-11-12-13-14-15-18-16-21(24)19(22)17-20(18)23/h16-17,23-24H,2-15H2,1H3. The predicted molar refractivity (Wildman–Crippen MR) is 112 cm³/mol. The highest BCUT2D eigenvalue weighted by molar-refractivity contribution is 14.1. The van der Waals surface area contributed by atoms with Gasteiger partial charge in [0.15, 0.2) is 0 Å². The molecule has 0 amide bonds. The zero-order chi connectivity index (χ0) is 17.6. The van der Waals surface area contributed by atoms with E-state index in [0.29, 0.717) is 9.32 Å². The monoisotopic (exact) mass is 446 g/mol. The summed E-state index contributed by atoms with van der Waals surface area (Å²) < 4.78 is 0.708. The second-order valence-corrected chi connectivity index (χ2v) is 8.09. The summed E-state index contributed by atoms with van der Waals surface area (Å²) in [4.78, 5) is 0. The molecule has 0 heterocycles. The van der Waals surface area contributed by atoms with Gasteiger partial charge in [-0.2, -0.15) is 0 Å². The lowest BCUT2D eigenvalue weighted by Crippen LogP contribution is -1.89.